The zero-order valence-electron chi connectivity index (χ0n) is 13.7. The number of carboxylic acids is 1. The quantitative estimate of drug-likeness (QED) is 0.808. The van der Waals surface area contributed by atoms with Gasteiger partial charge >= 0.3 is 12.0 Å². The summed E-state index contributed by atoms with van der Waals surface area (Å²) in [5, 5.41) is 9.41. The van der Waals surface area contributed by atoms with E-state index in [1.54, 1.807) is 9.80 Å². The number of hydrogen-bond acceptors (Lipinski definition) is 3. The Labute approximate surface area is 127 Å². The van der Waals surface area contributed by atoms with Crippen LogP contribution in [0.2, 0.25) is 0 Å². The molecule has 1 aliphatic heterocycles. The minimum atomic E-state index is -0.889. The Morgan fingerprint density at radius 2 is 1.95 bits per heavy atom. The van der Waals surface area contributed by atoms with Crippen molar-refractivity contribution in [2.24, 2.45) is 5.92 Å². The molecular weight excluding hydrogens is 270 g/mol. The van der Waals surface area contributed by atoms with E-state index < -0.39 is 12.0 Å². The van der Waals surface area contributed by atoms with Crippen LogP contribution in [0.25, 0.3) is 0 Å². The first-order chi connectivity index (χ1) is 9.88. The molecule has 0 radical (unpaired) electrons. The Morgan fingerprint density at radius 1 is 1.29 bits per heavy atom. The van der Waals surface area contributed by atoms with E-state index in [1.807, 2.05) is 27.9 Å². The first-order valence-electron chi connectivity index (χ1n) is 7.81. The van der Waals surface area contributed by atoms with E-state index in [0.717, 1.165) is 25.8 Å². The number of rotatable bonds is 6. The minimum absolute atomic E-state index is 0.0145. The lowest BCUT2D eigenvalue weighted by Gasteiger charge is -2.40. The summed E-state index contributed by atoms with van der Waals surface area (Å²) in [6, 6.07) is -0.815. The summed E-state index contributed by atoms with van der Waals surface area (Å²) in [4.78, 5) is 29.5. The van der Waals surface area contributed by atoms with Crippen molar-refractivity contribution in [2.75, 3.05) is 40.3 Å². The third-order valence-electron chi connectivity index (χ3n) is 4.12. The third kappa shape index (κ3) is 4.88. The van der Waals surface area contributed by atoms with Crippen molar-refractivity contribution < 1.29 is 14.7 Å². The van der Waals surface area contributed by atoms with Gasteiger partial charge in [0.2, 0.25) is 0 Å². The van der Waals surface area contributed by atoms with Crippen molar-refractivity contribution in [2.45, 2.75) is 39.2 Å². The number of aliphatic carboxylic acids is 1. The van der Waals surface area contributed by atoms with Crippen molar-refractivity contribution >= 4 is 12.0 Å². The van der Waals surface area contributed by atoms with Crippen LogP contribution in [0.15, 0.2) is 0 Å². The summed E-state index contributed by atoms with van der Waals surface area (Å²) in [5.41, 5.74) is 0. The lowest BCUT2D eigenvalue weighted by molar-refractivity contribution is -0.145. The molecule has 1 fully saturated rings. The van der Waals surface area contributed by atoms with Crippen LogP contribution in [0.5, 0.6) is 0 Å². The predicted octanol–water partition coefficient (Wildman–Crippen LogP) is 1.57. The molecule has 1 heterocycles. The van der Waals surface area contributed by atoms with Gasteiger partial charge < -0.3 is 19.8 Å². The summed E-state index contributed by atoms with van der Waals surface area (Å²) in [6.45, 7) is 6.61. The van der Waals surface area contributed by atoms with Crippen LogP contribution >= 0.6 is 0 Å². The van der Waals surface area contributed by atoms with Crippen molar-refractivity contribution in [3.8, 4) is 0 Å². The zero-order chi connectivity index (χ0) is 16.0. The lowest BCUT2D eigenvalue weighted by Crippen LogP contribution is -2.56. The summed E-state index contributed by atoms with van der Waals surface area (Å²) in [6.07, 6.45) is 2.65. The normalized spacial score (nSPS) is 22.4. The van der Waals surface area contributed by atoms with E-state index in [-0.39, 0.29) is 11.9 Å². The van der Waals surface area contributed by atoms with Gasteiger partial charge in [-0.25, -0.2) is 9.59 Å². The van der Waals surface area contributed by atoms with E-state index in [0.29, 0.717) is 19.6 Å². The maximum Gasteiger partial charge on any atom is 0.326 e. The number of nitrogens with zero attached hydrogens (tertiary/aromatic N) is 3. The maximum absolute atomic E-state index is 12.6. The van der Waals surface area contributed by atoms with Gasteiger partial charge in [0.05, 0.1) is 0 Å². The SMILES string of the molecule is CCN(CCCN(C)C)C(=O)N1CCCC(C)C1C(=O)O. The Balaban J connectivity index is 2.70. The van der Waals surface area contributed by atoms with Crippen LogP contribution in [-0.2, 0) is 4.79 Å². The molecule has 6 nitrogen and oxygen atoms in total. The van der Waals surface area contributed by atoms with Crippen LogP contribution < -0.4 is 0 Å². The average Bonchev–Trinajstić information content (AvgIpc) is 2.42. The highest BCUT2D eigenvalue weighted by atomic mass is 16.4. The van der Waals surface area contributed by atoms with Crippen LogP contribution in [0, 0.1) is 5.92 Å². The van der Waals surface area contributed by atoms with Gasteiger partial charge in [0, 0.05) is 19.6 Å². The zero-order valence-corrected chi connectivity index (χ0v) is 13.7. The topological polar surface area (TPSA) is 64.1 Å². The number of likely N-dealkylation sites (tertiary alicyclic amines) is 1. The van der Waals surface area contributed by atoms with Crippen LogP contribution in [0.3, 0.4) is 0 Å². The fourth-order valence-corrected chi connectivity index (χ4v) is 2.93. The largest absolute Gasteiger partial charge is 0.480 e. The Bertz CT molecular complexity index is 360. The number of carbonyl (C=O) groups excluding carboxylic acids is 1. The molecule has 1 N–H and O–H groups in total. The standard InChI is InChI=1S/C15H29N3O3/c1-5-17(10-7-9-16(3)4)15(21)18-11-6-8-12(2)13(18)14(19)20/h12-13H,5-11H2,1-4H3,(H,19,20). The Hall–Kier alpha value is -1.30. The Morgan fingerprint density at radius 3 is 2.48 bits per heavy atom. The molecule has 0 saturated carbocycles. The molecule has 0 aromatic rings. The highest BCUT2D eigenvalue weighted by Crippen LogP contribution is 2.24. The van der Waals surface area contributed by atoms with E-state index in [2.05, 4.69) is 4.90 Å². The fourth-order valence-electron chi connectivity index (χ4n) is 2.93. The molecular formula is C15H29N3O3. The molecule has 0 aromatic carbocycles. The number of amides is 2. The van der Waals surface area contributed by atoms with Gasteiger partial charge in [-0.2, -0.15) is 0 Å². The van der Waals surface area contributed by atoms with E-state index >= 15 is 0 Å². The second-order valence-corrected chi connectivity index (χ2v) is 6.12. The maximum atomic E-state index is 12.6. The van der Waals surface area contributed by atoms with Gasteiger partial charge in [0.25, 0.3) is 0 Å². The van der Waals surface area contributed by atoms with Gasteiger partial charge in [-0.1, -0.05) is 6.92 Å². The molecule has 2 amide bonds. The van der Waals surface area contributed by atoms with Crippen LogP contribution in [0.4, 0.5) is 4.79 Å². The second-order valence-electron chi connectivity index (χ2n) is 6.12. The van der Waals surface area contributed by atoms with Crippen molar-refractivity contribution in [3.63, 3.8) is 0 Å². The highest BCUT2D eigenvalue weighted by Gasteiger charge is 2.38. The minimum Gasteiger partial charge on any atom is -0.480 e. The molecule has 0 aliphatic carbocycles. The van der Waals surface area contributed by atoms with Crippen LogP contribution in [-0.4, -0.2) is 78.1 Å². The Kier molecular flexibility index (Phi) is 6.95. The highest BCUT2D eigenvalue weighted by molar-refractivity contribution is 5.83. The van der Waals surface area contributed by atoms with Gasteiger partial charge in [-0.15, -0.1) is 0 Å². The number of urea groups is 1. The van der Waals surface area contributed by atoms with Gasteiger partial charge in [-0.05, 0) is 52.7 Å². The van der Waals surface area contributed by atoms with Crippen LogP contribution in [0.1, 0.15) is 33.1 Å². The van der Waals surface area contributed by atoms with E-state index in [9.17, 15) is 14.7 Å². The molecule has 0 bridgehead atoms. The molecule has 122 valence electrons. The number of carbonyl (C=O) groups is 2. The van der Waals surface area contributed by atoms with Gasteiger partial charge in [-0.3, -0.25) is 0 Å². The predicted molar refractivity (Wildman–Crippen MR) is 82.3 cm³/mol. The second kappa shape index (κ2) is 8.22. The third-order valence-corrected chi connectivity index (χ3v) is 4.12. The number of hydrogen-bond donors (Lipinski definition) is 1. The fraction of sp³-hybridized carbons (Fsp3) is 0.867. The molecule has 1 rings (SSSR count). The molecule has 2 unspecified atom stereocenters. The number of carboxylic acid groups (broad SMARTS) is 1. The van der Waals surface area contributed by atoms with E-state index in [1.165, 1.54) is 0 Å². The molecule has 0 spiro atoms. The van der Waals surface area contributed by atoms with Crippen molar-refractivity contribution in [1.29, 1.82) is 0 Å². The molecule has 2 atom stereocenters. The van der Waals surface area contributed by atoms with E-state index in [4.69, 9.17) is 0 Å². The van der Waals surface area contributed by atoms with Gasteiger partial charge in [0.15, 0.2) is 0 Å². The summed E-state index contributed by atoms with van der Waals surface area (Å²) < 4.78 is 0. The molecule has 21 heavy (non-hydrogen) atoms. The summed E-state index contributed by atoms with van der Waals surface area (Å²) in [7, 11) is 4.01. The first kappa shape index (κ1) is 17.8. The lowest BCUT2D eigenvalue weighted by atomic mass is 9.91. The van der Waals surface area contributed by atoms with Gasteiger partial charge in [0.1, 0.15) is 6.04 Å². The first-order valence-corrected chi connectivity index (χ1v) is 7.81. The van der Waals surface area contributed by atoms with Crippen molar-refractivity contribution in [3.05, 3.63) is 0 Å². The van der Waals surface area contributed by atoms with Crippen molar-refractivity contribution in [1.82, 2.24) is 14.7 Å². The summed E-state index contributed by atoms with van der Waals surface area (Å²) in [5.74, 6) is -0.874. The monoisotopic (exact) mass is 299 g/mol. The summed E-state index contributed by atoms with van der Waals surface area (Å²) >= 11 is 0. The number of piperidine rings is 1. The molecule has 6 heteroatoms. The smallest absolute Gasteiger partial charge is 0.326 e. The average molecular weight is 299 g/mol. The molecule has 1 saturated heterocycles. The molecule has 1 aliphatic rings. The molecule has 0 aromatic heterocycles.